The first-order chi connectivity index (χ1) is 12.3. The quantitative estimate of drug-likeness (QED) is 0.631. The average molecular weight is 396 g/mol. The van der Waals surface area contributed by atoms with Crippen molar-refractivity contribution in [2.45, 2.75) is 27.3 Å². The molecule has 0 saturated carbocycles. The second-order valence-corrected chi connectivity index (χ2v) is 8.96. The molecule has 0 unspecified atom stereocenters. The molecule has 0 atom stereocenters. The Bertz CT molecular complexity index is 819. The molecule has 1 saturated heterocycles. The van der Waals surface area contributed by atoms with Gasteiger partial charge < -0.3 is 14.8 Å². The predicted molar refractivity (Wildman–Crippen MR) is 104 cm³/mol. The molecule has 3 N–H and O–H groups in total. The van der Waals surface area contributed by atoms with Crippen LogP contribution in [0.15, 0.2) is 12.1 Å². The van der Waals surface area contributed by atoms with Crippen molar-refractivity contribution >= 4 is 34.5 Å². The lowest BCUT2D eigenvalue weighted by molar-refractivity contribution is -1.01. The minimum absolute atomic E-state index is 0.00791. The van der Waals surface area contributed by atoms with E-state index in [-0.39, 0.29) is 11.6 Å². The molecule has 1 fully saturated rings. The summed E-state index contributed by atoms with van der Waals surface area (Å²) in [4.78, 5) is 31.8. The fourth-order valence-electron chi connectivity index (χ4n) is 3.88. The maximum absolute atomic E-state index is 12.7. The number of thiophene rings is 1. The fraction of sp³-hybridized carbons (Fsp3) is 0.474. The summed E-state index contributed by atoms with van der Waals surface area (Å²) in [5.74, 6) is 0.107. The molecule has 1 aliphatic rings. The second-order valence-electron chi connectivity index (χ2n) is 7.16. The molecule has 0 aromatic carbocycles. The van der Waals surface area contributed by atoms with Gasteiger partial charge in [0.15, 0.2) is 5.78 Å². The van der Waals surface area contributed by atoms with Crippen LogP contribution in [0.2, 0.25) is 4.34 Å². The maximum Gasteiger partial charge on any atom is 0.233 e. The number of hydrogen-bond acceptors (Lipinski definition) is 3. The lowest BCUT2D eigenvalue weighted by atomic mass is 10.1. The van der Waals surface area contributed by atoms with Gasteiger partial charge in [0.2, 0.25) is 5.78 Å². The molecule has 2 aromatic rings. The highest BCUT2D eigenvalue weighted by Crippen LogP contribution is 2.20. The molecule has 0 amide bonds. The summed E-state index contributed by atoms with van der Waals surface area (Å²) in [5.41, 5.74) is 2.84. The zero-order valence-electron chi connectivity index (χ0n) is 15.5. The molecular weight excluding hydrogens is 370 g/mol. The van der Waals surface area contributed by atoms with Crippen LogP contribution in [0.25, 0.3) is 0 Å². The predicted octanol–water partition coefficient (Wildman–Crippen LogP) is 0.715. The SMILES string of the molecule is CC(=O)c1c(C)[nH]c(C(=O)C[NH+]2CC[NH+](Cc3ccc(Cl)s3)CC2)c1C. The number of hydrogen-bond donors (Lipinski definition) is 3. The highest BCUT2D eigenvalue weighted by atomic mass is 35.5. The van der Waals surface area contributed by atoms with E-state index in [9.17, 15) is 9.59 Å². The van der Waals surface area contributed by atoms with E-state index < -0.39 is 0 Å². The number of carbonyl (C=O) groups is 2. The third-order valence-electron chi connectivity index (χ3n) is 5.20. The van der Waals surface area contributed by atoms with Gasteiger partial charge in [-0.25, -0.2) is 0 Å². The summed E-state index contributed by atoms with van der Waals surface area (Å²) >= 11 is 7.66. The van der Waals surface area contributed by atoms with Gasteiger partial charge in [0.05, 0.1) is 14.9 Å². The molecule has 0 spiro atoms. The smallest absolute Gasteiger partial charge is 0.233 e. The second kappa shape index (κ2) is 8.05. The highest BCUT2D eigenvalue weighted by Gasteiger charge is 2.28. The molecule has 26 heavy (non-hydrogen) atoms. The first-order valence-corrected chi connectivity index (χ1v) is 10.2. The van der Waals surface area contributed by atoms with Gasteiger partial charge in [0, 0.05) is 11.3 Å². The van der Waals surface area contributed by atoms with Crippen molar-refractivity contribution in [3.8, 4) is 0 Å². The minimum Gasteiger partial charge on any atom is -0.355 e. The molecule has 0 bridgehead atoms. The Labute approximate surface area is 162 Å². The number of aromatic nitrogens is 1. The zero-order valence-corrected chi connectivity index (χ0v) is 17.1. The van der Waals surface area contributed by atoms with Crippen molar-refractivity contribution in [3.05, 3.63) is 43.9 Å². The number of halogens is 1. The van der Waals surface area contributed by atoms with E-state index in [0.717, 1.165) is 48.3 Å². The number of piperazine rings is 1. The maximum atomic E-state index is 12.7. The Morgan fingerprint density at radius 3 is 2.35 bits per heavy atom. The fourth-order valence-corrected chi connectivity index (χ4v) is 5.04. The molecule has 3 heterocycles. The van der Waals surface area contributed by atoms with Crippen molar-refractivity contribution in [1.82, 2.24) is 4.98 Å². The standard InChI is InChI=1S/C19H24ClN3O2S/c1-12-18(14(3)24)13(2)21-19(12)16(25)11-23-8-6-22(7-9-23)10-15-4-5-17(20)26-15/h4-5,21H,6-11H2,1-3H3/p+2. The Morgan fingerprint density at radius 1 is 1.15 bits per heavy atom. The van der Waals surface area contributed by atoms with Gasteiger partial charge in [-0.3, -0.25) is 9.59 Å². The van der Waals surface area contributed by atoms with E-state index in [1.807, 2.05) is 19.9 Å². The zero-order chi connectivity index (χ0) is 18.8. The lowest BCUT2D eigenvalue weighted by Gasteiger charge is -2.29. The highest BCUT2D eigenvalue weighted by molar-refractivity contribution is 7.16. The van der Waals surface area contributed by atoms with Crippen molar-refractivity contribution < 1.29 is 19.4 Å². The largest absolute Gasteiger partial charge is 0.355 e. The number of carbonyl (C=O) groups excluding carboxylic acids is 2. The number of Topliss-reactive ketones (excluding diaryl/α,β-unsaturated/α-hetero) is 2. The molecule has 7 heteroatoms. The monoisotopic (exact) mass is 395 g/mol. The van der Waals surface area contributed by atoms with Gasteiger partial charge in [0.1, 0.15) is 39.3 Å². The van der Waals surface area contributed by atoms with Crippen LogP contribution < -0.4 is 9.80 Å². The Kier molecular flexibility index (Phi) is 5.97. The van der Waals surface area contributed by atoms with Gasteiger partial charge in [-0.2, -0.15) is 0 Å². The summed E-state index contributed by atoms with van der Waals surface area (Å²) in [6.07, 6.45) is 0. The van der Waals surface area contributed by atoms with E-state index in [2.05, 4.69) is 11.1 Å². The molecule has 140 valence electrons. The van der Waals surface area contributed by atoms with Crippen molar-refractivity contribution in [2.75, 3.05) is 32.7 Å². The molecular formula is C19H26ClN3O2S+2. The summed E-state index contributed by atoms with van der Waals surface area (Å²) in [6, 6.07) is 4.06. The third kappa shape index (κ3) is 4.26. The Morgan fingerprint density at radius 2 is 1.81 bits per heavy atom. The van der Waals surface area contributed by atoms with Crippen molar-refractivity contribution in [3.63, 3.8) is 0 Å². The van der Waals surface area contributed by atoms with Crippen molar-refractivity contribution in [2.24, 2.45) is 0 Å². The summed E-state index contributed by atoms with van der Waals surface area (Å²) in [6.45, 7) is 10.8. The third-order valence-corrected chi connectivity index (χ3v) is 6.43. The lowest BCUT2D eigenvalue weighted by Crippen LogP contribution is -3.27. The topological polar surface area (TPSA) is 58.8 Å². The van der Waals surface area contributed by atoms with Gasteiger partial charge in [-0.05, 0) is 38.5 Å². The van der Waals surface area contributed by atoms with Crippen LogP contribution in [0.4, 0.5) is 0 Å². The number of aromatic amines is 1. The molecule has 3 rings (SSSR count). The average Bonchev–Trinajstić information content (AvgIpc) is 3.12. The molecule has 0 aliphatic carbocycles. The number of quaternary nitrogens is 2. The molecule has 0 radical (unpaired) electrons. The normalized spacial score (nSPS) is 20.3. The minimum atomic E-state index is 0.00791. The van der Waals surface area contributed by atoms with Gasteiger partial charge in [-0.1, -0.05) is 11.6 Å². The number of aryl methyl sites for hydroxylation is 1. The first kappa shape index (κ1) is 19.3. The van der Waals surface area contributed by atoms with E-state index >= 15 is 0 Å². The Balaban J connectivity index is 1.55. The summed E-state index contributed by atoms with van der Waals surface area (Å²) < 4.78 is 0.843. The van der Waals surface area contributed by atoms with Crippen LogP contribution in [-0.4, -0.2) is 49.3 Å². The van der Waals surface area contributed by atoms with Crippen molar-refractivity contribution in [1.29, 1.82) is 0 Å². The summed E-state index contributed by atoms with van der Waals surface area (Å²) in [5, 5.41) is 0. The number of H-pyrrole nitrogens is 1. The van der Waals surface area contributed by atoms with Crippen LogP contribution in [0, 0.1) is 13.8 Å². The van der Waals surface area contributed by atoms with E-state index in [0.29, 0.717) is 17.8 Å². The molecule has 1 aliphatic heterocycles. The van der Waals surface area contributed by atoms with Gasteiger partial charge in [0.25, 0.3) is 0 Å². The van der Waals surface area contributed by atoms with Crippen LogP contribution in [-0.2, 0) is 6.54 Å². The Hall–Kier alpha value is -1.47. The van der Waals surface area contributed by atoms with Crippen LogP contribution in [0.1, 0.15) is 43.9 Å². The molecule has 5 nitrogen and oxygen atoms in total. The number of ketones is 2. The number of nitrogens with one attached hydrogen (secondary N) is 3. The van der Waals surface area contributed by atoms with Gasteiger partial charge >= 0.3 is 0 Å². The van der Waals surface area contributed by atoms with E-state index in [4.69, 9.17) is 11.6 Å². The van der Waals surface area contributed by atoms with Gasteiger partial charge in [-0.15, -0.1) is 11.3 Å². The summed E-state index contributed by atoms with van der Waals surface area (Å²) in [7, 11) is 0. The van der Waals surface area contributed by atoms with Crippen LogP contribution in [0.3, 0.4) is 0 Å². The first-order valence-electron chi connectivity index (χ1n) is 8.99. The van der Waals surface area contributed by atoms with E-state index in [1.165, 1.54) is 9.78 Å². The van der Waals surface area contributed by atoms with Crippen LogP contribution >= 0.6 is 22.9 Å². The number of rotatable bonds is 6. The van der Waals surface area contributed by atoms with E-state index in [1.54, 1.807) is 23.2 Å². The molecule has 2 aromatic heterocycles. The van der Waals surface area contributed by atoms with Crippen LogP contribution in [0.5, 0.6) is 0 Å².